The average molecular weight is 263 g/mol. The first-order valence-electron chi connectivity index (χ1n) is 5.64. The van der Waals surface area contributed by atoms with Crippen LogP contribution in [0.4, 0.5) is 13.2 Å². The van der Waals surface area contributed by atoms with Crippen molar-refractivity contribution < 1.29 is 17.9 Å². The van der Waals surface area contributed by atoms with Crippen LogP contribution in [0.1, 0.15) is 30.4 Å². The summed E-state index contributed by atoms with van der Waals surface area (Å²) >= 11 is 0. The summed E-state index contributed by atoms with van der Waals surface area (Å²) < 4.78 is 40.2. The normalized spacial score (nSPS) is 11.8. The van der Waals surface area contributed by atoms with Gasteiger partial charge in [0.2, 0.25) is 0 Å². The number of aromatic nitrogens is 2. The van der Waals surface area contributed by atoms with Gasteiger partial charge in [-0.05, 0) is 6.42 Å². The molecule has 0 atom stereocenters. The van der Waals surface area contributed by atoms with Gasteiger partial charge in [-0.25, -0.2) is 9.97 Å². The fourth-order valence-electron chi connectivity index (χ4n) is 1.43. The maximum absolute atomic E-state index is 11.9. The second-order valence-corrected chi connectivity index (χ2v) is 3.82. The van der Waals surface area contributed by atoms with E-state index in [1.54, 1.807) is 6.20 Å². The molecular formula is C11H16F3N3O. The number of aryl methyl sites for hydroxylation is 1. The highest BCUT2D eigenvalue weighted by molar-refractivity contribution is 5.17. The molecule has 1 heterocycles. The summed E-state index contributed by atoms with van der Waals surface area (Å²) in [5, 5.41) is 0. The highest BCUT2D eigenvalue weighted by Crippen LogP contribution is 2.15. The third kappa shape index (κ3) is 4.97. The minimum absolute atomic E-state index is 0.249. The molecule has 0 radical (unpaired) electrons. The van der Waals surface area contributed by atoms with Crippen LogP contribution in [-0.2, 0) is 24.3 Å². The number of alkyl halides is 3. The van der Waals surface area contributed by atoms with Crippen LogP contribution in [0.2, 0.25) is 0 Å². The van der Waals surface area contributed by atoms with Crippen LogP contribution in [0.25, 0.3) is 0 Å². The predicted octanol–water partition coefficient (Wildman–Crippen LogP) is 1.97. The number of ether oxygens (including phenoxy) is 1. The van der Waals surface area contributed by atoms with Crippen molar-refractivity contribution in [1.82, 2.24) is 9.97 Å². The quantitative estimate of drug-likeness (QED) is 0.852. The van der Waals surface area contributed by atoms with Crippen molar-refractivity contribution in [1.29, 1.82) is 0 Å². The highest BCUT2D eigenvalue weighted by atomic mass is 19.4. The van der Waals surface area contributed by atoms with Crippen molar-refractivity contribution in [3.8, 4) is 0 Å². The molecule has 0 aromatic carbocycles. The molecule has 0 saturated carbocycles. The second kappa shape index (κ2) is 6.65. The minimum atomic E-state index is -4.33. The largest absolute Gasteiger partial charge is 0.411 e. The van der Waals surface area contributed by atoms with Gasteiger partial charge >= 0.3 is 6.18 Å². The molecule has 1 rings (SSSR count). The van der Waals surface area contributed by atoms with E-state index in [2.05, 4.69) is 14.7 Å². The molecule has 0 spiro atoms. The maximum Gasteiger partial charge on any atom is 0.411 e. The zero-order valence-corrected chi connectivity index (χ0v) is 10.1. The first-order valence-corrected chi connectivity index (χ1v) is 5.64. The van der Waals surface area contributed by atoms with Crippen LogP contribution >= 0.6 is 0 Å². The first-order chi connectivity index (χ1) is 8.46. The van der Waals surface area contributed by atoms with Gasteiger partial charge in [0.15, 0.2) is 5.82 Å². The van der Waals surface area contributed by atoms with Crippen molar-refractivity contribution in [2.24, 2.45) is 5.73 Å². The Hall–Kier alpha value is -1.21. The number of nitrogens with two attached hydrogens (primary N) is 1. The average Bonchev–Trinajstić information content (AvgIpc) is 2.28. The maximum atomic E-state index is 11.9. The Labute approximate surface area is 103 Å². The molecule has 1 aromatic heterocycles. The molecule has 102 valence electrons. The molecule has 2 N–H and O–H groups in total. The van der Waals surface area contributed by atoms with Gasteiger partial charge in [-0.1, -0.05) is 13.3 Å². The monoisotopic (exact) mass is 263 g/mol. The molecule has 0 aliphatic rings. The Morgan fingerprint density at radius 3 is 2.67 bits per heavy atom. The third-order valence-corrected chi connectivity index (χ3v) is 2.21. The van der Waals surface area contributed by atoms with Crippen LogP contribution in [0.5, 0.6) is 0 Å². The Bertz CT molecular complexity index is 382. The molecule has 18 heavy (non-hydrogen) atoms. The smallest absolute Gasteiger partial charge is 0.364 e. The topological polar surface area (TPSA) is 61.0 Å². The lowest BCUT2D eigenvalue weighted by Crippen LogP contribution is -2.17. The Balaban J connectivity index is 2.64. The molecule has 0 unspecified atom stereocenters. The molecule has 4 nitrogen and oxygen atoms in total. The van der Waals surface area contributed by atoms with Crippen molar-refractivity contribution >= 4 is 0 Å². The lowest BCUT2D eigenvalue weighted by Gasteiger charge is -2.09. The molecule has 1 aromatic rings. The van der Waals surface area contributed by atoms with E-state index in [9.17, 15) is 13.2 Å². The van der Waals surface area contributed by atoms with Crippen LogP contribution in [0.3, 0.4) is 0 Å². The molecule has 0 bridgehead atoms. The van der Waals surface area contributed by atoms with Gasteiger partial charge in [-0.2, -0.15) is 13.2 Å². The van der Waals surface area contributed by atoms with E-state index in [4.69, 9.17) is 5.73 Å². The summed E-state index contributed by atoms with van der Waals surface area (Å²) in [5.74, 6) is 0.250. The van der Waals surface area contributed by atoms with Crippen molar-refractivity contribution in [3.63, 3.8) is 0 Å². The third-order valence-electron chi connectivity index (χ3n) is 2.21. The van der Waals surface area contributed by atoms with E-state index in [0.717, 1.165) is 24.1 Å². The van der Waals surface area contributed by atoms with Gasteiger partial charge in [0.05, 0.1) is 0 Å². The van der Waals surface area contributed by atoms with Crippen LogP contribution in [-0.4, -0.2) is 22.8 Å². The SMILES string of the molecule is CCCc1nc(COCC(F)(F)F)ncc1CN. The molecule has 0 fully saturated rings. The molecular weight excluding hydrogens is 247 g/mol. The molecule has 7 heteroatoms. The fraction of sp³-hybridized carbons (Fsp3) is 0.636. The highest BCUT2D eigenvalue weighted by Gasteiger charge is 2.27. The Morgan fingerprint density at radius 1 is 1.39 bits per heavy atom. The lowest BCUT2D eigenvalue weighted by atomic mass is 10.1. The number of halogens is 3. The van der Waals surface area contributed by atoms with Crippen LogP contribution < -0.4 is 5.73 Å². The lowest BCUT2D eigenvalue weighted by molar-refractivity contribution is -0.177. The number of rotatable bonds is 6. The predicted molar refractivity (Wildman–Crippen MR) is 59.6 cm³/mol. The standard InChI is InChI=1S/C11H16F3N3O/c1-2-3-9-8(4-15)5-16-10(17-9)6-18-7-11(12,13)14/h5H,2-4,6-7,15H2,1H3. The second-order valence-electron chi connectivity index (χ2n) is 3.82. The van der Waals surface area contributed by atoms with E-state index in [1.165, 1.54) is 0 Å². The van der Waals surface area contributed by atoms with Gasteiger partial charge < -0.3 is 10.5 Å². The van der Waals surface area contributed by atoms with Crippen molar-refractivity contribution in [2.75, 3.05) is 6.61 Å². The van der Waals surface area contributed by atoms with Gasteiger partial charge in [0.25, 0.3) is 0 Å². The van der Waals surface area contributed by atoms with Gasteiger partial charge in [0, 0.05) is 24.0 Å². The van der Waals surface area contributed by atoms with Gasteiger partial charge in [-0.15, -0.1) is 0 Å². The van der Waals surface area contributed by atoms with Crippen LogP contribution in [0.15, 0.2) is 6.20 Å². The Kier molecular flexibility index (Phi) is 5.49. The number of hydrogen-bond donors (Lipinski definition) is 1. The Morgan fingerprint density at radius 2 is 2.11 bits per heavy atom. The minimum Gasteiger partial charge on any atom is -0.364 e. The molecule has 0 amide bonds. The summed E-state index contributed by atoms with van der Waals surface area (Å²) in [6, 6.07) is 0. The summed E-state index contributed by atoms with van der Waals surface area (Å²) in [6.07, 6.45) is -1.18. The molecule has 0 aliphatic heterocycles. The number of nitrogens with zero attached hydrogens (tertiary/aromatic N) is 2. The van der Waals surface area contributed by atoms with Gasteiger partial charge in [0.1, 0.15) is 13.2 Å². The van der Waals surface area contributed by atoms with E-state index in [0.29, 0.717) is 6.54 Å². The summed E-state index contributed by atoms with van der Waals surface area (Å²) in [5.41, 5.74) is 7.12. The number of hydrogen-bond acceptors (Lipinski definition) is 4. The summed E-state index contributed by atoms with van der Waals surface area (Å²) in [7, 11) is 0. The molecule has 0 aliphatic carbocycles. The van der Waals surface area contributed by atoms with E-state index in [-0.39, 0.29) is 12.4 Å². The van der Waals surface area contributed by atoms with Gasteiger partial charge in [-0.3, -0.25) is 0 Å². The summed E-state index contributed by atoms with van der Waals surface area (Å²) in [4.78, 5) is 8.10. The van der Waals surface area contributed by atoms with E-state index >= 15 is 0 Å². The first kappa shape index (κ1) is 14.8. The van der Waals surface area contributed by atoms with E-state index in [1.807, 2.05) is 6.92 Å². The van der Waals surface area contributed by atoms with Crippen molar-refractivity contribution in [3.05, 3.63) is 23.3 Å². The van der Waals surface area contributed by atoms with E-state index < -0.39 is 12.8 Å². The van der Waals surface area contributed by atoms with Crippen LogP contribution in [0, 0.1) is 0 Å². The zero-order chi connectivity index (χ0) is 13.6. The fourth-order valence-corrected chi connectivity index (χ4v) is 1.43. The summed E-state index contributed by atoms with van der Waals surface area (Å²) in [6.45, 7) is 0.764. The zero-order valence-electron chi connectivity index (χ0n) is 10.1. The molecule has 0 saturated heterocycles. The van der Waals surface area contributed by atoms with Crippen molar-refractivity contribution in [2.45, 2.75) is 39.1 Å².